The molecule has 3 fully saturated rings. The first-order chi connectivity index (χ1) is 12.8. The lowest BCUT2D eigenvalue weighted by molar-refractivity contribution is 0.0296. The van der Waals surface area contributed by atoms with Crippen LogP contribution in [-0.2, 0) is 4.74 Å². The first-order valence-corrected chi connectivity index (χ1v) is 10.1. The van der Waals surface area contributed by atoms with Crippen molar-refractivity contribution in [1.82, 2.24) is 14.9 Å². The van der Waals surface area contributed by atoms with Gasteiger partial charge in [-0.2, -0.15) is 0 Å². The quantitative estimate of drug-likeness (QED) is 0.839. The molecular weight excluding hydrogens is 330 g/mol. The van der Waals surface area contributed by atoms with Crippen molar-refractivity contribution in [2.24, 2.45) is 5.92 Å². The molecule has 3 aliphatic rings. The van der Waals surface area contributed by atoms with Gasteiger partial charge in [0.2, 0.25) is 0 Å². The summed E-state index contributed by atoms with van der Waals surface area (Å²) in [6.45, 7) is 8.33. The predicted octanol–water partition coefficient (Wildman–Crippen LogP) is 0.986. The number of ether oxygens (including phenoxy) is 1. The summed E-state index contributed by atoms with van der Waals surface area (Å²) < 4.78 is 5.47. The lowest BCUT2D eigenvalue weighted by Crippen LogP contribution is -2.44. The third-order valence-electron chi connectivity index (χ3n) is 5.98. The number of nitrogens with zero attached hydrogens (tertiary/aromatic N) is 5. The molecule has 1 aromatic rings. The molecule has 0 amide bonds. The van der Waals surface area contributed by atoms with E-state index >= 15 is 0 Å². The molecule has 1 aromatic heterocycles. The first-order valence-electron chi connectivity index (χ1n) is 10.1. The summed E-state index contributed by atoms with van der Waals surface area (Å²) in [6, 6.07) is 2.32. The zero-order chi connectivity index (χ0) is 17.8. The van der Waals surface area contributed by atoms with Crippen molar-refractivity contribution in [2.45, 2.75) is 31.7 Å². The highest BCUT2D eigenvalue weighted by atomic mass is 16.5. The smallest absolute Gasteiger partial charge is 0.134 e. The Morgan fingerprint density at radius 3 is 2.69 bits per heavy atom. The van der Waals surface area contributed by atoms with E-state index in [9.17, 15) is 5.11 Å². The standard InChI is InChI=1S/C19H31N5O2/c25-14-17-4-2-6-24(17)19-11-18(20-15-21-19)23-5-1-3-16(13-23)12-22-7-9-26-10-8-22/h11,15-17,25H,1-10,12-14H2. The molecule has 3 saturated heterocycles. The lowest BCUT2D eigenvalue weighted by atomic mass is 9.97. The molecule has 0 spiro atoms. The van der Waals surface area contributed by atoms with Gasteiger partial charge in [0.15, 0.2) is 0 Å². The molecule has 2 unspecified atom stereocenters. The Labute approximate surface area is 156 Å². The number of hydrogen-bond acceptors (Lipinski definition) is 7. The maximum atomic E-state index is 9.60. The van der Waals surface area contributed by atoms with Crippen molar-refractivity contribution in [2.75, 3.05) is 68.9 Å². The molecule has 0 aliphatic carbocycles. The Morgan fingerprint density at radius 2 is 1.85 bits per heavy atom. The summed E-state index contributed by atoms with van der Waals surface area (Å²) in [5.41, 5.74) is 0. The van der Waals surface area contributed by atoms with Crippen molar-refractivity contribution in [1.29, 1.82) is 0 Å². The Hall–Kier alpha value is -1.44. The molecular formula is C19H31N5O2. The molecule has 26 heavy (non-hydrogen) atoms. The fraction of sp³-hybridized carbons (Fsp3) is 0.789. The van der Waals surface area contributed by atoms with Gasteiger partial charge in [0, 0.05) is 45.3 Å². The van der Waals surface area contributed by atoms with Crippen LogP contribution in [0.25, 0.3) is 0 Å². The summed E-state index contributed by atoms with van der Waals surface area (Å²) in [7, 11) is 0. The molecule has 7 heteroatoms. The van der Waals surface area contributed by atoms with E-state index in [0.29, 0.717) is 5.92 Å². The van der Waals surface area contributed by atoms with E-state index in [1.54, 1.807) is 6.33 Å². The minimum Gasteiger partial charge on any atom is -0.394 e. The molecule has 7 nitrogen and oxygen atoms in total. The second-order valence-electron chi connectivity index (χ2n) is 7.77. The number of aliphatic hydroxyl groups is 1. The highest BCUT2D eigenvalue weighted by molar-refractivity contribution is 5.51. The third kappa shape index (κ3) is 4.10. The minimum atomic E-state index is 0.199. The number of anilines is 2. The van der Waals surface area contributed by atoms with E-state index in [4.69, 9.17) is 4.74 Å². The molecule has 2 atom stereocenters. The van der Waals surface area contributed by atoms with E-state index in [2.05, 4.69) is 30.7 Å². The maximum absolute atomic E-state index is 9.60. The highest BCUT2D eigenvalue weighted by Crippen LogP contribution is 2.28. The van der Waals surface area contributed by atoms with Gasteiger partial charge in [-0.25, -0.2) is 9.97 Å². The van der Waals surface area contributed by atoms with E-state index in [-0.39, 0.29) is 12.6 Å². The van der Waals surface area contributed by atoms with Crippen LogP contribution in [0.2, 0.25) is 0 Å². The molecule has 0 aromatic carbocycles. The number of piperidine rings is 1. The maximum Gasteiger partial charge on any atom is 0.134 e. The first kappa shape index (κ1) is 17.9. The Bertz CT molecular complexity index is 581. The Morgan fingerprint density at radius 1 is 1.04 bits per heavy atom. The fourth-order valence-corrected chi connectivity index (χ4v) is 4.57. The molecule has 4 rings (SSSR count). The van der Waals surface area contributed by atoms with Gasteiger partial charge in [-0.05, 0) is 31.6 Å². The number of morpholine rings is 1. The third-order valence-corrected chi connectivity index (χ3v) is 5.98. The number of aliphatic hydroxyl groups excluding tert-OH is 1. The Balaban J connectivity index is 1.41. The van der Waals surface area contributed by atoms with Crippen molar-refractivity contribution >= 4 is 11.6 Å². The van der Waals surface area contributed by atoms with Crippen LogP contribution >= 0.6 is 0 Å². The second kappa shape index (κ2) is 8.50. The van der Waals surface area contributed by atoms with Crippen LogP contribution in [0.4, 0.5) is 11.6 Å². The van der Waals surface area contributed by atoms with Gasteiger partial charge in [-0.3, -0.25) is 4.90 Å². The second-order valence-corrected chi connectivity index (χ2v) is 7.77. The average Bonchev–Trinajstić information content (AvgIpc) is 3.18. The summed E-state index contributed by atoms with van der Waals surface area (Å²) in [6.07, 6.45) is 6.36. The van der Waals surface area contributed by atoms with Gasteiger partial charge < -0.3 is 19.6 Å². The van der Waals surface area contributed by atoms with Gasteiger partial charge in [0.1, 0.15) is 18.0 Å². The van der Waals surface area contributed by atoms with Crippen molar-refractivity contribution < 1.29 is 9.84 Å². The molecule has 4 heterocycles. The number of rotatable bonds is 5. The monoisotopic (exact) mass is 361 g/mol. The molecule has 0 saturated carbocycles. The topological polar surface area (TPSA) is 65.0 Å². The van der Waals surface area contributed by atoms with Crippen LogP contribution in [-0.4, -0.2) is 85.1 Å². The zero-order valence-electron chi connectivity index (χ0n) is 15.6. The van der Waals surface area contributed by atoms with Crippen LogP contribution in [0.1, 0.15) is 25.7 Å². The van der Waals surface area contributed by atoms with Crippen LogP contribution in [0.5, 0.6) is 0 Å². The zero-order valence-corrected chi connectivity index (χ0v) is 15.6. The minimum absolute atomic E-state index is 0.199. The van der Waals surface area contributed by atoms with Gasteiger partial charge in [0.25, 0.3) is 0 Å². The van der Waals surface area contributed by atoms with Gasteiger partial charge in [-0.15, -0.1) is 0 Å². The van der Waals surface area contributed by atoms with Crippen LogP contribution in [0.3, 0.4) is 0 Å². The van der Waals surface area contributed by atoms with Gasteiger partial charge >= 0.3 is 0 Å². The molecule has 0 bridgehead atoms. The number of aromatic nitrogens is 2. The van der Waals surface area contributed by atoms with Crippen molar-refractivity contribution in [3.63, 3.8) is 0 Å². The summed E-state index contributed by atoms with van der Waals surface area (Å²) in [5.74, 6) is 2.68. The molecule has 0 radical (unpaired) electrons. The van der Waals surface area contributed by atoms with Gasteiger partial charge in [0.05, 0.1) is 25.9 Å². The summed E-state index contributed by atoms with van der Waals surface area (Å²) in [4.78, 5) is 16.2. The van der Waals surface area contributed by atoms with Crippen molar-refractivity contribution in [3.8, 4) is 0 Å². The van der Waals surface area contributed by atoms with Crippen LogP contribution in [0, 0.1) is 5.92 Å². The van der Waals surface area contributed by atoms with E-state index in [1.807, 2.05) is 0 Å². The lowest BCUT2D eigenvalue weighted by Gasteiger charge is -2.37. The average molecular weight is 361 g/mol. The highest BCUT2D eigenvalue weighted by Gasteiger charge is 2.27. The van der Waals surface area contributed by atoms with E-state index < -0.39 is 0 Å². The largest absolute Gasteiger partial charge is 0.394 e. The van der Waals surface area contributed by atoms with Gasteiger partial charge in [-0.1, -0.05) is 0 Å². The van der Waals surface area contributed by atoms with E-state index in [1.165, 1.54) is 12.8 Å². The summed E-state index contributed by atoms with van der Waals surface area (Å²) >= 11 is 0. The van der Waals surface area contributed by atoms with Crippen LogP contribution in [0.15, 0.2) is 12.4 Å². The predicted molar refractivity (Wildman–Crippen MR) is 102 cm³/mol. The fourth-order valence-electron chi connectivity index (χ4n) is 4.57. The number of hydrogen-bond donors (Lipinski definition) is 1. The van der Waals surface area contributed by atoms with E-state index in [0.717, 1.165) is 77.0 Å². The molecule has 144 valence electrons. The van der Waals surface area contributed by atoms with Crippen LogP contribution < -0.4 is 9.80 Å². The SMILES string of the molecule is OCC1CCCN1c1cc(N2CCCC(CN3CCOCC3)C2)ncn1. The summed E-state index contributed by atoms with van der Waals surface area (Å²) in [5, 5.41) is 9.60. The molecule has 1 N–H and O–H groups in total. The molecule has 3 aliphatic heterocycles. The Kier molecular flexibility index (Phi) is 5.87. The van der Waals surface area contributed by atoms with Crippen molar-refractivity contribution in [3.05, 3.63) is 12.4 Å². The normalized spacial score (nSPS) is 27.9.